The Bertz CT molecular complexity index is 1140. The lowest BCUT2D eigenvalue weighted by atomic mass is 9.99. The van der Waals surface area contributed by atoms with E-state index >= 15 is 0 Å². The van der Waals surface area contributed by atoms with Gasteiger partial charge < -0.3 is 9.47 Å². The fourth-order valence-electron chi connectivity index (χ4n) is 3.44. The van der Waals surface area contributed by atoms with Crippen molar-refractivity contribution in [3.05, 3.63) is 90.0 Å². The zero-order valence-electron chi connectivity index (χ0n) is 16.7. The monoisotopic (exact) mass is 422 g/mol. The highest BCUT2D eigenvalue weighted by Crippen LogP contribution is 2.37. The van der Waals surface area contributed by atoms with E-state index in [1.165, 1.54) is 4.41 Å². The minimum atomic E-state index is -3.82. The van der Waals surface area contributed by atoms with E-state index in [0.717, 1.165) is 16.9 Å². The Kier molecular flexibility index (Phi) is 5.46. The van der Waals surface area contributed by atoms with Crippen LogP contribution < -0.4 is 9.47 Å². The normalized spacial score (nSPS) is 16.3. The predicted molar refractivity (Wildman–Crippen MR) is 115 cm³/mol. The van der Waals surface area contributed by atoms with Crippen LogP contribution in [0, 0.1) is 0 Å². The van der Waals surface area contributed by atoms with Gasteiger partial charge in [-0.15, -0.1) is 0 Å². The quantitative estimate of drug-likeness (QED) is 0.596. The molecule has 0 bridgehead atoms. The van der Waals surface area contributed by atoms with E-state index in [4.69, 9.17) is 9.47 Å². The first-order valence-electron chi connectivity index (χ1n) is 9.48. The van der Waals surface area contributed by atoms with Crippen molar-refractivity contribution in [1.29, 1.82) is 0 Å². The van der Waals surface area contributed by atoms with Crippen molar-refractivity contribution in [2.45, 2.75) is 17.4 Å². The molecule has 0 saturated carbocycles. The minimum Gasteiger partial charge on any atom is -0.497 e. The third-order valence-corrected chi connectivity index (χ3v) is 6.78. The molecular weight excluding hydrogens is 400 g/mol. The van der Waals surface area contributed by atoms with E-state index in [-0.39, 0.29) is 4.90 Å². The number of sulfonamides is 1. The van der Waals surface area contributed by atoms with E-state index in [9.17, 15) is 8.42 Å². The maximum atomic E-state index is 13.4. The maximum Gasteiger partial charge on any atom is 0.279 e. The first-order valence-corrected chi connectivity index (χ1v) is 10.9. The average Bonchev–Trinajstić information content (AvgIpc) is 3.26. The fraction of sp³-hybridized carbons (Fsp3) is 0.174. The van der Waals surface area contributed by atoms with E-state index < -0.39 is 16.1 Å². The number of hydrazone groups is 1. The highest BCUT2D eigenvalue weighted by atomic mass is 32.2. The van der Waals surface area contributed by atoms with Crippen LogP contribution in [0.1, 0.15) is 23.6 Å². The molecule has 1 heterocycles. The van der Waals surface area contributed by atoms with E-state index in [1.807, 2.05) is 48.5 Å². The highest BCUT2D eigenvalue weighted by molar-refractivity contribution is 7.89. The van der Waals surface area contributed by atoms with Crippen molar-refractivity contribution in [2.75, 3.05) is 14.2 Å². The first-order chi connectivity index (χ1) is 14.5. The summed E-state index contributed by atoms with van der Waals surface area (Å²) in [6, 6.07) is 22.8. The van der Waals surface area contributed by atoms with Crippen LogP contribution in [-0.2, 0) is 10.0 Å². The Hall–Kier alpha value is -3.32. The van der Waals surface area contributed by atoms with Crippen molar-refractivity contribution < 1.29 is 17.9 Å². The van der Waals surface area contributed by atoms with Gasteiger partial charge in [0.2, 0.25) is 0 Å². The average molecular weight is 423 g/mol. The number of nitrogens with zero attached hydrogens (tertiary/aromatic N) is 2. The van der Waals surface area contributed by atoms with Gasteiger partial charge in [0, 0.05) is 6.42 Å². The van der Waals surface area contributed by atoms with Gasteiger partial charge in [-0.1, -0.05) is 30.3 Å². The topological polar surface area (TPSA) is 68.2 Å². The molecule has 0 unspecified atom stereocenters. The second kappa shape index (κ2) is 8.20. The zero-order chi connectivity index (χ0) is 21.1. The second-order valence-corrected chi connectivity index (χ2v) is 8.65. The largest absolute Gasteiger partial charge is 0.497 e. The molecule has 1 aliphatic rings. The smallest absolute Gasteiger partial charge is 0.279 e. The highest BCUT2D eigenvalue weighted by Gasteiger charge is 2.37. The summed E-state index contributed by atoms with van der Waals surface area (Å²) in [5.41, 5.74) is 2.42. The molecule has 30 heavy (non-hydrogen) atoms. The molecule has 0 aliphatic carbocycles. The van der Waals surface area contributed by atoms with E-state index in [1.54, 1.807) is 44.6 Å². The molecule has 154 valence electrons. The molecule has 0 amide bonds. The molecular formula is C23H22N2O4S. The van der Waals surface area contributed by atoms with Crippen molar-refractivity contribution in [3.8, 4) is 11.5 Å². The lowest BCUT2D eigenvalue weighted by Crippen LogP contribution is -2.27. The van der Waals surface area contributed by atoms with Gasteiger partial charge in [0.15, 0.2) is 0 Å². The lowest BCUT2D eigenvalue weighted by molar-refractivity contribution is 0.370. The van der Waals surface area contributed by atoms with E-state index in [2.05, 4.69) is 5.10 Å². The summed E-state index contributed by atoms with van der Waals surface area (Å²) < 4.78 is 38.5. The molecule has 7 heteroatoms. The third kappa shape index (κ3) is 3.76. The lowest BCUT2D eigenvalue weighted by Gasteiger charge is -2.23. The van der Waals surface area contributed by atoms with E-state index in [0.29, 0.717) is 17.9 Å². The summed E-state index contributed by atoms with van der Waals surface area (Å²) in [6.45, 7) is 0. The van der Waals surface area contributed by atoms with Crippen LogP contribution in [0.2, 0.25) is 0 Å². The molecule has 0 spiro atoms. The molecule has 1 aliphatic heterocycles. The van der Waals surface area contributed by atoms with Crippen LogP contribution in [0.25, 0.3) is 0 Å². The molecule has 4 rings (SSSR count). The van der Waals surface area contributed by atoms with Gasteiger partial charge in [0.25, 0.3) is 10.0 Å². The number of ether oxygens (including phenoxy) is 2. The van der Waals surface area contributed by atoms with Gasteiger partial charge in [-0.25, -0.2) is 0 Å². The summed E-state index contributed by atoms with van der Waals surface area (Å²) in [5.74, 6) is 1.45. The molecule has 1 atom stereocenters. The third-order valence-electron chi connectivity index (χ3n) is 5.08. The summed E-state index contributed by atoms with van der Waals surface area (Å²) in [4.78, 5) is 0.211. The summed E-state index contributed by atoms with van der Waals surface area (Å²) in [7, 11) is -0.610. The van der Waals surface area contributed by atoms with Crippen LogP contribution in [0.15, 0.2) is 88.9 Å². The van der Waals surface area contributed by atoms with Crippen LogP contribution in [0.5, 0.6) is 11.5 Å². The van der Waals surface area contributed by atoms with Crippen LogP contribution >= 0.6 is 0 Å². The SMILES string of the molecule is COc1ccc(C2=NN(S(=O)(=O)c3ccccc3)[C@H](c3ccc(OC)cc3)C2)cc1. The summed E-state index contributed by atoms with van der Waals surface area (Å²) in [6.07, 6.45) is 0.463. The van der Waals surface area contributed by atoms with Crippen molar-refractivity contribution in [3.63, 3.8) is 0 Å². The molecule has 0 radical (unpaired) electrons. The second-order valence-electron chi connectivity index (χ2n) is 6.86. The van der Waals surface area contributed by atoms with Crippen molar-refractivity contribution >= 4 is 15.7 Å². The van der Waals surface area contributed by atoms with Gasteiger partial charge in [0.05, 0.1) is 30.9 Å². The van der Waals surface area contributed by atoms with Gasteiger partial charge in [-0.2, -0.15) is 17.9 Å². The molecule has 3 aromatic rings. The van der Waals surface area contributed by atoms with Crippen LogP contribution in [-0.4, -0.2) is 32.8 Å². The van der Waals surface area contributed by atoms with Crippen molar-refractivity contribution in [1.82, 2.24) is 4.41 Å². The fourth-order valence-corrected chi connectivity index (χ4v) is 4.90. The number of benzene rings is 3. The number of methoxy groups -OCH3 is 2. The van der Waals surface area contributed by atoms with Crippen LogP contribution in [0.4, 0.5) is 0 Å². The first kappa shape index (κ1) is 20.0. The van der Waals surface area contributed by atoms with Gasteiger partial charge in [-0.05, 0) is 59.7 Å². The number of rotatable bonds is 6. The van der Waals surface area contributed by atoms with Gasteiger partial charge >= 0.3 is 0 Å². The number of hydrogen-bond acceptors (Lipinski definition) is 5. The molecule has 0 fully saturated rings. The zero-order valence-corrected chi connectivity index (χ0v) is 17.5. The Morgan fingerprint density at radius 3 is 1.97 bits per heavy atom. The predicted octanol–water partition coefficient (Wildman–Crippen LogP) is 4.24. The number of hydrogen-bond donors (Lipinski definition) is 0. The molecule has 0 saturated heterocycles. The Labute approximate surface area is 176 Å². The van der Waals surface area contributed by atoms with Gasteiger partial charge in [-0.3, -0.25) is 0 Å². The Morgan fingerprint density at radius 1 is 0.833 bits per heavy atom. The molecule has 3 aromatic carbocycles. The van der Waals surface area contributed by atoms with Crippen molar-refractivity contribution in [2.24, 2.45) is 5.10 Å². The molecule has 0 N–H and O–H groups in total. The minimum absolute atomic E-state index is 0.211. The molecule has 0 aromatic heterocycles. The van der Waals surface area contributed by atoms with Crippen LogP contribution in [0.3, 0.4) is 0 Å². The standard InChI is InChI=1S/C23H22N2O4S/c1-28-19-12-8-17(9-13-19)22-16-23(18-10-14-20(29-2)15-11-18)25(24-22)30(26,27)21-6-4-3-5-7-21/h3-15,23H,16H2,1-2H3/t23-/m0/s1. The Morgan fingerprint density at radius 2 is 1.40 bits per heavy atom. The van der Waals surface area contributed by atoms with Gasteiger partial charge in [0.1, 0.15) is 11.5 Å². The maximum absolute atomic E-state index is 13.4. The molecule has 6 nitrogen and oxygen atoms in total. The summed E-state index contributed by atoms with van der Waals surface area (Å²) in [5, 5.41) is 4.55. The Balaban J connectivity index is 1.76. The summed E-state index contributed by atoms with van der Waals surface area (Å²) >= 11 is 0.